The van der Waals surface area contributed by atoms with Gasteiger partial charge in [-0.15, -0.1) is 11.3 Å². The number of nitrogens with zero attached hydrogens (tertiary/aromatic N) is 1. The van der Waals surface area contributed by atoms with Crippen LogP contribution in [-0.4, -0.2) is 36.8 Å². The highest BCUT2D eigenvalue weighted by Crippen LogP contribution is 2.37. The lowest BCUT2D eigenvalue weighted by Crippen LogP contribution is -2.40. The summed E-state index contributed by atoms with van der Waals surface area (Å²) in [5, 5.41) is 1.24. The number of hydrogen-bond acceptors (Lipinski definition) is 5. The van der Waals surface area contributed by atoms with Gasteiger partial charge in [0.05, 0.1) is 23.1 Å². The molecule has 0 aliphatic carbocycles. The van der Waals surface area contributed by atoms with E-state index >= 15 is 0 Å². The van der Waals surface area contributed by atoms with Crippen LogP contribution in [0.3, 0.4) is 0 Å². The lowest BCUT2D eigenvalue weighted by Gasteiger charge is -2.27. The fourth-order valence-electron chi connectivity index (χ4n) is 3.27. The van der Waals surface area contributed by atoms with Crippen LogP contribution < -0.4 is 0 Å². The number of rotatable bonds is 4. The van der Waals surface area contributed by atoms with Crippen LogP contribution in [0.4, 0.5) is 0 Å². The molecule has 3 heterocycles. The van der Waals surface area contributed by atoms with Gasteiger partial charge in [-0.25, -0.2) is 8.42 Å². The molecular formula is C18H15BrClNO4S2. The molecule has 1 aliphatic heterocycles. The van der Waals surface area contributed by atoms with Gasteiger partial charge in [0.2, 0.25) is 0 Å². The monoisotopic (exact) mass is 487 g/mol. The molecule has 0 spiro atoms. The summed E-state index contributed by atoms with van der Waals surface area (Å²) >= 11 is 11.1. The lowest BCUT2D eigenvalue weighted by molar-refractivity contribution is 0.0671. The Labute approximate surface area is 174 Å². The number of sulfone groups is 1. The smallest absolute Gasteiger partial charge is 0.266 e. The minimum absolute atomic E-state index is 0.0386. The molecule has 0 saturated carbocycles. The van der Waals surface area contributed by atoms with Crippen LogP contribution in [0.25, 0.3) is 10.1 Å². The van der Waals surface area contributed by atoms with Crippen LogP contribution in [0.15, 0.2) is 45.5 Å². The second-order valence-corrected chi connectivity index (χ2v) is 10.9. The number of hydrogen-bond donors (Lipinski definition) is 0. The Morgan fingerprint density at radius 1 is 1.30 bits per heavy atom. The highest BCUT2D eigenvalue weighted by Gasteiger charge is 2.36. The highest BCUT2D eigenvalue weighted by molar-refractivity contribution is 9.10. The molecule has 9 heteroatoms. The summed E-state index contributed by atoms with van der Waals surface area (Å²) in [5.74, 6) is 0.361. The Bertz CT molecular complexity index is 1120. The first-order valence-corrected chi connectivity index (χ1v) is 12.1. The molecule has 0 bridgehead atoms. The van der Waals surface area contributed by atoms with Gasteiger partial charge < -0.3 is 9.32 Å². The third-order valence-electron chi connectivity index (χ3n) is 4.59. The van der Waals surface area contributed by atoms with Gasteiger partial charge >= 0.3 is 0 Å². The first kappa shape index (κ1) is 19.0. The first-order valence-electron chi connectivity index (χ1n) is 8.27. The molecule has 0 radical (unpaired) electrons. The number of carbonyl (C=O) groups is 1. The largest absolute Gasteiger partial charge is 0.452 e. The van der Waals surface area contributed by atoms with Crippen LogP contribution >= 0.6 is 38.9 Å². The summed E-state index contributed by atoms with van der Waals surface area (Å²) in [4.78, 5) is 15.3. The molecule has 27 heavy (non-hydrogen) atoms. The standard InChI is InChI=1S/C18H15BrClNO4S2/c19-15-6-5-12(25-15)9-21(11-7-8-27(23,24)10-11)18(22)17-16(20)13-3-1-2-4-14(13)26-17/h1-6,11H,7-10H2. The van der Waals surface area contributed by atoms with E-state index in [-0.39, 0.29) is 24.0 Å². The molecule has 1 atom stereocenters. The molecule has 1 unspecified atom stereocenters. The summed E-state index contributed by atoms with van der Waals surface area (Å²) < 4.78 is 31.0. The zero-order chi connectivity index (χ0) is 19.2. The minimum Gasteiger partial charge on any atom is -0.452 e. The second kappa shape index (κ2) is 7.24. The van der Waals surface area contributed by atoms with Crippen molar-refractivity contribution in [3.63, 3.8) is 0 Å². The summed E-state index contributed by atoms with van der Waals surface area (Å²) in [6.45, 7) is 0.190. The number of fused-ring (bicyclic) bond motifs is 1. The van der Waals surface area contributed by atoms with Crippen molar-refractivity contribution >= 4 is 64.7 Å². The van der Waals surface area contributed by atoms with Crippen LogP contribution in [0.1, 0.15) is 21.9 Å². The third-order valence-corrected chi connectivity index (χ3v) is 8.43. The van der Waals surface area contributed by atoms with Gasteiger partial charge in [-0.2, -0.15) is 0 Å². The molecule has 4 rings (SSSR count). The molecule has 1 saturated heterocycles. The van der Waals surface area contributed by atoms with E-state index in [2.05, 4.69) is 15.9 Å². The van der Waals surface area contributed by atoms with Gasteiger partial charge in [0, 0.05) is 16.1 Å². The molecule has 1 aromatic carbocycles. The zero-order valence-electron chi connectivity index (χ0n) is 14.0. The Morgan fingerprint density at radius 2 is 2.07 bits per heavy atom. The number of thiophene rings is 1. The SMILES string of the molecule is O=C(c1sc2ccccc2c1Cl)N(Cc1ccc(Br)o1)C1CCS(=O)(=O)C1. The van der Waals surface area contributed by atoms with Crippen LogP contribution in [-0.2, 0) is 16.4 Å². The van der Waals surface area contributed by atoms with Crippen molar-refractivity contribution in [1.29, 1.82) is 0 Å². The zero-order valence-corrected chi connectivity index (χ0v) is 18.0. The van der Waals surface area contributed by atoms with Crippen molar-refractivity contribution in [2.75, 3.05) is 11.5 Å². The van der Waals surface area contributed by atoms with Gasteiger partial charge in [0.1, 0.15) is 10.6 Å². The average molecular weight is 489 g/mol. The fraction of sp³-hybridized carbons (Fsp3) is 0.278. The molecule has 1 fully saturated rings. The Morgan fingerprint density at radius 3 is 2.70 bits per heavy atom. The molecular weight excluding hydrogens is 474 g/mol. The Hall–Kier alpha value is -1.35. The van der Waals surface area contributed by atoms with E-state index in [4.69, 9.17) is 16.0 Å². The first-order chi connectivity index (χ1) is 12.8. The van der Waals surface area contributed by atoms with Gasteiger partial charge in [0.15, 0.2) is 14.5 Å². The molecule has 1 aliphatic rings. The van der Waals surface area contributed by atoms with E-state index in [1.165, 1.54) is 11.3 Å². The quantitative estimate of drug-likeness (QED) is 0.532. The highest BCUT2D eigenvalue weighted by atomic mass is 79.9. The summed E-state index contributed by atoms with van der Waals surface area (Å²) in [6, 6.07) is 10.7. The van der Waals surface area contributed by atoms with E-state index in [0.29, 0.717) is 26.8 Å². The van der Waals surface area contributed by atoms with Crippen molar-refractivity contribution in [3.05, 3.63) is 56.7 Å². The van der Waals surface area contributed by atoms with Gasteiger partial charge in [-0.05, 0) is 40.5 Å². The van der Waals surface area contributed by atoms with Gasteiger partial charge in [0.25, 0.3) is 5.91 Å². The van der Waals surface area contributed by atoms with Crippen molar-refractivity contribution in [1.82, 2.24) is 4.90 Å². The van der Waals surface area contributed by atoms with Crippen molar-refractivity contribution in [3.8, 4) is 0 Å². The van der Waals surface area contributed by atoms with Crippen LogP contribution in [0.2, 0.25) is 5.02 Å². The Balaban J connectivity index is 1.72. The summed E-state index contributed by atoms with van der Waals surface area (Å²) in [7, 11) is -3.14. The molecule has 0 N–H and O–H groups in total. The summed E-state index contributed by atoms with van der Waals surface area (Å²) in [6.07, 6.45) is 0.415. The number of furan rings is 1. The van der Waals surface area contributed by atoms with E-state index in [9.17, 15) is 13.2 Å². The minimum atomic E-state index is -3.14. The van der Waals surface area contributed by atoms with E-state index in [1.54, 1.807) is 17.0 Å². The normalized spacial score (nSPS) is 18.8. The van der Waals surface area contributed by atoms with Crippen molar-refractivity contribution in [2.45, 2.75) is 19.0 Å². The maximum absolute atomic E-state index is 13.3. The molecule has 2 aromatic heterocycles. The third kappa shape index (κ3) is 3.81. The lowest BCUT2D eigenvalue weighted by atomic mass is 10.2. The molecule has 1 amide bonds. The topological polar surface area (TPSA) is 67.6 Å². The number of benzene rings is 1. The fourth-order valence-corrected chi connectivity index (χ4v) is 6.81. The average Bonchev–Trinajstić information content (AvgIpc) is 3.30. The van der Waals surface area contributed by atoms with Gasteiger partial charge in [-0.1, -0.05) is 29.8 Å². The predicted molar refractivity (Wildman–Crippen MR) is 110 cm³/mol. The maximum Gasteiger partial charge on any atom is 0.266 e. The van der Waals surface area contributed by atoms with E-state index < -0.39 is 15.9 Å². The molecule has 5 nitrogen and oxygen atoms in total. The Kier molecular flexibility index (Phi) is 5.09. The van der Waals surface area contributed by atoms with Crippen molar-refractivity contribution in [2.24, 2.45) is 0 Å². The molecule has 142 valence electrons. The summed E-state index contributed by atoms with van der Waals surface area (Å²) in [5.41, 5.74) is 0. The maximum atomic E-state index is 13.3. The number of halogens is 2. The van der Waals surface area contributed by atoms with Crippen molar-refractivity contribution < 1.29 is 17.6 Å². The van der Waals surface area contributed by atoms with Gasteiger partial charge in [-0.3, -0.25) is 4.79 Å². The molecule has 3 aromatic rings. The van der Waals surface area contributed by atoms with E-state index in [1.807, 2.05) is 24.3 Å². The van der Waals surface area contributed by atoms with E-state index in [0.717, 1.165) is 10.1 Å². The number of amides is 1. The number of carbonyl (C=O) groups excluding carboxylic acids is 1. The predicted octanol–water partition coefficient (Wildman–Crippen LogP) is 4.74. The second-order valence-electron chi connectivity index (χ2n) is 6.44. The van der Waals surface area contributed by atoms with Crippen LogP contribution in [0.5, 0.6) is 0 Å². The van der Waals surface area contributed by atoms with Crippen LogP contribution in [0, 0.1) is 0 Å².